The van der Waals surface area contributed by atoms with Crippen molar-refractivity contribution in [1.29, 1.82) is 0 Å². The second-order valence-corrected chi connectivity index (χ2v) is 3.98. The highest BCUT2D eigenvalue weighted by Crippen LogP contribution is 2.32. The van der Waals surface area contributed by atoms with Crippen LogP contribution in [0.4, 0.5) is 4.39 Å². The molecule has 1 fully saturated rings. The molecule has 0 spiro atoms. The van der Waals surface area contributed by atoms with E-state index in [0.717, 1.165) is 18.9 Å². The van der Waals surface area contributed by atoms with Gasteiger partial charge in [-0.15, -0.1) is 0 Å². The third kappa shape index (κ3) is 2.76. The van der Waals surface area contributed by atoms with Crippen LogP contribution in [0.2, 0.25) is 0 Å². The molecule has 2 N–H and O–H groups in total. The van der Waals surface area contributed by atoms with Crippen molar-refractivity contribution in [2.24, 2.45) is 5.92 Å². The standard InChI is InChI=1S/C11H13FN2O2/c12-10-5-8(3-4-13-10)11(16)14-6-9(15)7-1-2-7/h3-5,7,9,15H,1-2,6H2,(H,14,16). The quantitative estimate of drug-likeness (QED) is 0.741. The summed E-state index contributed by atoms with van der Waals surface area (Å²) < 4.78 is 12.7. The fraction of sp³-hybridized carbons (Fsp3) is 0.455. The maximum absolute atomic E-state index is 12.7. The lowest BCUT2D eigenvalue weighted by molar-refractivity contribution is 0.0900. The first kappa shape index (κ1) is 11.0. The van der Waals surface area contributed by atoms with Gasteiger partial charge in [-0.2, -0.15) is 4.39 Å². The molecule has 1 aromatic rings. The second kappa shape index (κ2) is 4.57. The third-order valence-electron chi connectivity index (χ3n) is 2.63. The lowest BCUT2D eigenvalue weighted by atomic mass is 10.2. The summed E-state index contributed by atoms with van der Waals surface area (Å²) in [6, 6.07) is 2.50. The van der Waals surface area contributed by atoms with E-state index in [4.69, 9.17) is 0 Å². The van der Waals surface area contributed by atoms with E-state index in [9.17, 15) is 14.3 Å². The van der Waals surface area contributed by atoms with Gasteiger partial charge in [-0.3, -0.25) is 4.79 Å². The van der Waals surface area contributed by atoms with Gasteiger partial charge >= 0.3 is 0 Å². The van der Waals surface area contributed by atoms with Crippen LogP contribution in [-0.2, 0) is 0 Å². The number of carbonyl (C=O) groups is 1. The molecule has 1 saturated carbocycles. The van der Waals surface area contributed by atoms with Gasteiger partial charge in [0.25, 0.3) is 5.91 Å². The normalized spacial score (nSPS) is 16.9. The Bertz CT molecular complexity index is 393. The highest BCUT2D eigenvalue weighted by Gasteiger charge is 2.29. The maximum atomic E-state index is 12.7. The number of halogens is 1. The molecule has 5 heteroatoms. The van der Waals surface area contributed by atoms with Crippen LogP contribution in [0, 0.1) is 11.9 Å². The molecular weight excluding hydrogens is 211 g/mol. The Kier molecular flexibility index (Phi) is 3.14. The summed E-state index contributed by atoms with van der Waals surface area (Å²) in [4.78, 5) is 14.9. The van der Waals surface area contributed by atoms with Crippen LogP contribution in [0.3, 0.4) is 0 Å². The Hall–Kier alpha value is -1.49. The van der Waals surface area contributed by atoms with Crippen LogP contribution in [0.25, 0.3) is 0 Å². The Morgan fingerprint density at radius 3 is 3.06 bits per heavy atom. The van der Waals surface area contributed by atoms with Crippen molar-refractivity contribution in [1.82, 2.24) is 10.3 Å². The third-order valence-corrected chi connectivity index (χ3v) is 2.63. The monoisotopic (exact) mass is 224 g/mol. The lowest BCUT2D eigenvalue weighted by Gasteiger charge is -2.10. The zero-order valence-electron chi connectivity index (χ0n) is 8.69. The molecule has 4 nitrogen and oxygen atoms in total. The molecule has 1 atom stereocenters. The predicted octanol–water partition coefficient (Wildman–Crippen LogP) is 0.721. The molecule has 0 aromatic carbocycles. The number of rotatable bonds is 4. The molecular formula is C11H13FN2O2. The first-order valence-electron chi connectivity index (χ1n) is 5.24. The highest BCUT2D eigenvalue weighted by atomic mass is 19.1. The fourth-order valence-electron chi connectivity index (χ4n) is 1.49. The van der Waals surface area contributed by atoms with E-state index in [1.54, 1.807) is 0 Å². The summed E-state index contributed by atoms with van der Waals surface area (Å²) in [6.45, 7) is 0.216. The van der Waals surface area contributed by atoms with Crippen molar-refractivity contribution in [3.05, 3.63) is 29.8 Å². The summed E-state index contributed by atoms with van der Waals surface area (Å²) in [6.07, 6.45) is 2.78. The predicted molar refractivity (Wildman–Crippen MR) is 55.3 cm³/mol. The summed E-state index contributed by atoms with van der Waals surface area (Å²) in [5.74, 6) is -0.758. The zero-order valence-corrected chi connectivity index (χ0v) is 8.69. The summed E-state index contributed by atoms with van der Waals surface area (Å²) in [7, 11) is 0. The van der Waals surface area contributed by atoms with Crippen molar-refractivity contribution < 1.29 is 14.3 Å². The average Bonchev–Trinajstić information content (AvgIpc) is 3.09. The van der Waals surface area contributed by atoms with E-state index >= 15 is 0 Å². The lowest BCUT2D eigenvalue weighted by Crippen LogP contribution is -2.33. The van der Waals surface area contributed by atoms with E-state index in [2.05, 4.69) is 10.3 Å². The Morgan fingerprint density at radius 1 is 1.69 bits per heavy atom. The van der Waals surface area contributed by atoms with Gasteiger partial charge in [-0.1, -0.05) is 0 Å². The number of nitrogens with one attached hydrogen (secondary N) is 1. The zero-order chi connectivity index (χ0) is 11.5. The minimum atomic E-state index is -0.685. The molecule has 0 aliphatic heterocycles. The molecule has 1 unspecified atom stereocenters. The van der Waals surface area contributed by atoms with Crippen LogP contribution in [-0.4, -0.2) is 28.6 Å². The molecule has 0 saturated heterocycles. The van der Waals surface area contributed by atoms with Gasteiger partial charge in [0.1, 0.15) is 0 Å². The average molecular weight is 224 g/mol. The van der Waals surface area contributed by atoms with Gasteiger partial charge in [-0.05, 0) is 24.8 Å². The first-order chi connectivity index (χ1) is 7.66. The minimum absolute atomic E-state index is 0.216. The SMILES string of the molecule is O=C(NCC(O)C1CC1)c1ccnc(F)c1. The molecule has 0 radical (unpaired) electrons. The molecule has 1 aromatic heterocycles. The van der Waals surface area contributed by atoms with E-state index in [1.807, 2.05) is 0 Å². The highest BCUT2D eigenvalue weighted by molar-refractivity contribution is 5.93. The topological polar surface area (TPSA) is 62.2 Å². The van der Waals surface area contributed by atoms with Crippen LogP contribution >= 0.6 is 0 Å². The van der Waals surface area contributed by atoms with Gasteiger partial charge in [0.05, 0.1) is 6.10 Å². The number of pyridine rings is 1. The van der Waals surface area contributed by atoms with E-state index in [0.29, 0.717) is 5.92 Å². The van der Waals surface area contributed by atoms with Gasteiger partial charge in [0, 0.05) is 24.4 Å². The maximum Gasteiger partial charge on any atom is 0.251 e. The number of carbonyl (C=O) groups excluding carboxylic acids is 1. The Balaban J connectivity index is 1.87. The van der Waals surface area contributed by atoms with Crippen LogP contribution in [0.5, 0.6) is 0 Å². The van der Waals surface area contributed by atoms with Crippen molar-refractivity contribution in [2.75, 3.05) is 6.54 Å². The van der Waals surface area contributed by atoms with Gasteiger partial charge in [-0.25, -0.2) is 4.98 Å². The smallest absolute Gasteiger partial charge is 0.251 e. The number of aliphatic hydroxyl groups is 1. The molecule has 86 valence electrons. The summed E-state index contributed by atoms with van der Waals surface area (Å²) in [5.41, 5.74) is 0.218. The van der Waals surface area contributed by atoms with Crippen LogP contribution in [0.15, 0.2) is 18.3 Å². The number of nitrogens with zero attached hydrogens (tertiary/aromatic N) is 1. The fourth-order valence-corrected chi connectivity index (χ4v) is 1.49. The molecule has 0 bridgehead atoms. The van der Waals surface area contributed by atoms with Crippen LogP contribution in [0.1, 0.15) is 23.2 Å². The van der Waals surface area contributed by atoms with Crippen molar-refractivity contribution in [2.45, 2.75) is 18.9 Å². The largest absolute Gasteiger partial charge is 0.391 e. The van der Waals surface area contributed by atoms with Gasteiger partial charge in [0.15, 0.2) is 0 Å². The molecule has 16 heavy (non-hydrogen) atoms. The van der Waals surface area contributed by atoms with Gasteiger partial charge < -0.3 is 10.4 Å². The Labute approximate surface area is 92.5 Å². The number of aromatic nitrogens is 1. The van der Waals surface area contributed by atoms with Crippen LogP contribution < -0.4 is 5.32 Å². The van der Waals surface area contributed by atoms with E-state index in [-0.39, 0.29) is 18.0 Å². The van der Waals surface area contributed by atoms with Crippen molar-refractivity contribution >= 4 is 5.91 Å². The summed E-state index contributed by atoms with van der Waals surface area (Å²) in [5, 5.41) is 12.1. The number of amides is 1. The second-order valence-electron chi connectivity index (χ2n) is 3.98. The number of hydrogen-bond acceptors (Lipinski definition) is 3. The summed E-state index contributed by atoms with van der Waals surface area (Å²) >= 11 is 0. The molecule has 2 rings (SSSR count). The number of aliphatic hydroxyl groups excluding tert-OH is 1. The van der Waals surface area contributed by atoms with E-state index in [1.165, 1.54) is 12.3 Å². The van der Waals surface area contributed by atoms with Gasteiger partial charge in [0.2, 0.25) is 5.95 Å². The molecule has 1 amide bonds. The molecule has 1 aliphatic rings. The van der Waals surface area contributed by atoms with Crippen molar-refractivity contribution in [3.63, 3.8) is 0 Å². The molecule has 1 aliphatic carbocycles. The minimum Gasteiger partial charge on any atom is -0.391 e. The molecule has 1 heterocycles. The van der Waals surface area contributed by atoms with E-state index < -0.39 is 12.1 Å². The number of hydrogen-bond donors (Lipinski definition) is 2. The Morgan fingerprint density at radius 2 is 2.44 bits per heavy atom. The van der Waals surface area contributed by atoms with Crippen molar-refractivity contribution in [3.8, 4) is 0 Å². The first-order valence-corrected chi connectivity index (χ1v) is 5.24.